The Labute approximate surface area is 96.5 Å². The molecule has 0 bridgehead atoms. The first kappa shape index (κ1) is 11.0. The van der Waals surface area contributed by atoms with Crippen LogP contribution in [0, 0.1) is 0 Å². The number of aliphatic hydroxyl groups is 1. The molecule has 1 aliphatic rings. The zero-order valence-electron chi connectivity index (χ0n) is 9.72. The van der Waals surface area contributed by atoms with E-state index >= 15 is 0 Å². The van der Waals surface area contributed by atoms with E-state index in [2.05, 4.69) is 19.1 Å². The maximum absolute atomic E-state index is 9.86. The lowest BCUT2D eigenvalue weighted by atomic mass is 10.1. The molecule has 2 rings (SSSR count). The van der Waals surface area contributed by atoms with E-state index in [-0.39, 0.29) is 0 Å². The molecule has 0 spiro atoms. The number of hydrogen-bond donors (Lipinski definition) is 1. The molecule has 84 valence electrons. The predicted molar refractivity (Wildman–Crippen MR) is 67.2 cm³/mol. The van der Waals surface area contributed by atoms with Crippen LogP contribution >= 0.6 is 0 Å². The van der Waals surface area contributed by atoms with Crippen LogP contribution in [0.1, 0.15) is 19.4 Å². The fourth-order valence-corrected chi connectivity index (χ4v) is 1.80. The summed E-state index contributed by atoms with van der Waals surface area (Å²) in [6.07, 6.45) is 6.17. The summed E-state index contributed by atoms with van der Waals surface area (Å²) in [6.45, 7) is 4.16. The summed E-state index contributed by atoms with van der Waals surface area (Å²) in [5.41, 5.74) is 3.48. The van der Waals surface area contributed by atoms with Gasteiger partial charge in [0.15, 0.2) is 0 Å². The summed E-state index contributed by atoms with van der Waals surface area (Å²) in [5, 5.41) is 9.86. The van der Waals surface area contributed by atoms with Gasteiger partial charge in [0.05, 0.1) is 0 Å². The van der Waals surface area contributed by atoms with E-state index in [4.69, 9.17) is 0 Å². The minimum atomic E-state index is -0.559. The van der Waals surface area contributed by atoms with Crippen LogP contribution in [0.3, 0.4) is 0 Å². The van der Waals surface area contributed by atoms with Gasteiger partial charge >= 0.3 is 0 Å². The van der Waals surface area contributed by atoms with Gasteiger partial charge in [-0.1, -0.05) is 25.1 Å². The fourth-order valence-electron chi connectivity index (χ4n) is 1.80. The van der Waals surface area contributed by atoms with E-state index in [1.54, 1.807) is 6.08 Å². The second-order valence-electron chi connectivity index (χ2n) is 4.07. The molecular weight excluding hydrogens is 198 g/mol. The highest BCUT2D eigenvalue weighted by Gasteiger charge is 2.14. The van der Waals surface area contributed by atoms with Crippen LogP contribution in [0.25, 0.3) is 0 Å². The zero-order valence-corrected chi connectivity index (χ0v) is 9.72. The first-order valence-electron chi connectivity index (χ1n) is 5.62. The minimum absolute atomic E-state index is 0.559. The molecule has 0 fully saturated rings. The van der Waals surface area contributed by atoms with Gasteiger partial charge in [-0.15, -0.1) is 0 Å². The summed E-state index contributed by atoms with van der Waals surface area (Å²) in [6, 6.07) is 8.29. The van der Waals surface area contributed by atoms with Gasteiger partial charge in [0.1, 0.15) is 6.23 Å². The molecule has 1 atom stereocenters. The van der Waals surface area contributed by atoms with Crippen LogP contribution in [-0.2, 0) is 6.42 Å². The smallest absolute Gasteiger partial charge is 0.150 e. The topological polar surface area (TPSA) is 23.5 Å². The number of allylic oxidation sites excluding steroid dienone is 2. The zero-order chi connectivity index (χ0) is 11.5. The van der Waals surface area contributed by atoms with Crippen molar-refractivity contribution >= 4 is 5.69 Å². The monoisotopic (exact) mass is 215 g/mol. The van der Waals surface area contributed by atoms with Crippen molar-refractivity contribution in [1.82, 2.24) is 0 Å². The van der Waals surface area contributed by atoms with Gasteiger partial charge in [-0.25, -0.2) is 0 Å². The second-order valence-corrected chi connectivity index (χ2v) is 4.07. The van der Waals surface area contributed by atoms with Crippen LogP contribution in [0.5, 0.6) is 0 Å². The molecule has 2 heteroatoms. The minimum Gasteiger partial charge on any atom is -0.370 e. The standard InChI is InChI=1S/C14H17NO/c1-3-12-5-7-13(8-6-12)15-10-11(2)4-9-14(15)16/h4-10,14,16H,3H2,1-2H3. The van der Waals surface area contributed by atoms with Gasteiger partial charge in [-0.2, -0.15) is 0 Å². The van der Waals surface area contributed by atoms with Crippen molar-refractivity contribution in [3.8, 4) is 0 Å². The Bertz CT molecular complexity index is 417. The molecule has 1 aromatic carbocycles. The molecule has 0 saturated heterocycles. The number of anilines is 1. The summed E-state index contributed by atoms with van der Waals surface area (Å²) in [5.74, 6) is 0. The molecule has 16 heavy (non-hydrogen) atoms. The summed E-state index contributed by atoms with van der Waals surface area (Å²) >= 11 is 0. The highest BCUT2D eigenvalue weighted by atomic mass is 16.3. The van der Waals surface area contributed by atoms with Gasteiger partial charge in [-0.05, 0) is 42.7 Å². The van der Waals surface area contributed by atoms with E-state index < -0.39 is 6.23 Å². The molecule has 1 aromatic rings. The number of benzene rings is 1. The quantitative estimate of drug-likeness (QED) is 0.820. The van der Waals surface area contributed by atoms with Gasteiger partial charge < -0.3 is 10.0 Å². The van der Waals surface area contributed by atoms with Gasteiger partial charge in [-0.3, -0.25) is 0 Å². The highest BCUT2D eigenvalue weighted by Crippen LogP contribution is 2.22. The van der Waals surface area contributed by atoms with Crippen molar-refractivity contribution in [2.75, 3.05) is 4.90 Å². The molecular formula is C14H17NO. The van der Waals surface area contributed by atoms with Crippen molar-refractivity contribution in [2.45, 2.75) is 26.5 Å². The van der Waals surface area contributed by atoms with Crippen molar-refractivity contribution in [1.29, 1.82) is 0 Å². The van der Waals surface area contributed by atoms with Crippen LogP contribution in [0.4, 0.5) is 5.69 Å². The van der Waals surface area contributed by atoms with Crippen LogP contribution < -0.4 is 4.90 Å². The number of hydrogen-bond acceptors (Lipinski definition) is 2. The number of aliphatic hydroxyl groups excluding tert-OH is 1. The van der Waals surface area contributed by atoms with E-state index in [0.717, 1.165) is 17.7 Å². The number of nitrogens with zero attached hydrogens (tertiary/aromatic N) is 1. The number of aryl methyl sites for hydroxylation is 1. The van der Waals surface area contributed by atoms with Gasteiger partial charge in [0.2, 0.25) is 0 Å². The summed E-state index contributed by atoms with van der Waals surface area (Å²) in [4.78, 5) is 1.87. The van der Waals surface area contributed by atoms with Crippen molar-refractivity contribution in [3.05, 3.63) is 53.8 Å². The molecule has 0 amide bonds. The summed E-state index contributed by atoms with van der Waals surface area (Å²) in [7, 11) is 0. The normalized spacial score (nSPS) is 19.8. The fraction of sp³-hybridized carbons (Fsp3) is 0.286. The third-order valence-corrected chi connectivity index (χ3v) is 2.80. The Morgan fingerprint density at radius 2 is 1.94 bits per heavy atom. The van der Waals surface area contributed by atoms with E-state index in [9.17, 15) is 5.11 Å². The van der Waals surface area contributed by atoms with Crippen LogP contribution in [0.15, 0.2) is 48.2 Å². The van der Waals surface area contributed by atoms with Crippen molar-refractivity contribution in [2.24, 2.45) is 0 Å². The van der Waals surface area contributed by atoms with Crippen LogP contribution in [-0.4, -0.2) is 11.3 Å². The average molecular weight is 215 g/mol. The third kappa shape index (κ3) is 2.17. The maximum Gasteiger partial charge on any atom is 0.150 e. The first-order valence-corrected chi connectivity index (χ1v) is 5.62. The molecule has 1 heterocycles. The third-order valence-electron chi connectivity index (χ3n) is 2.80. The average Bonchev–Trinajstić information content (AvgIpc) is 2.32. The van der Waals surface area contributed by atoms with Gasteiger partial charge in [0.25, 0.3) is 0 Å². The Balaban J connectivity index is 2.26. The maximum atomic E-state index is 9.86. The lowest BCUT2D eigenvalue weighted by Gasteiger charge is -2.27. The SMILES string of the molecule is CCc1ccc(N2C=C(C)C=CC2O)cc1. The van der Waals surface area contributed by atoms with Gasteiger partial charge in [0, 0.05) is 11.9 Å². The molecule has 1 unspecified atom stereocenters. The Kier molecular flexibility index (Phi) is 3.11. The van der Waals surface area contributed by atoms with Crippen LogP contribution in [0.2, 0.25) is 0 Å². The molecule has 0 aliphatic carbocycles. The van der Waals surface area contributed by atoms with Crippen molar-refractivity contribution < 1.29 is 5.11 Å². The first-order chi connectivity index (χ1) is 7.70. The summed E-state index contributed by atoms with van der Waals surface area (Å²) < 4.78 is 0. The predicted octanol–water partition coefficient (Wildman–Crippen LogP) is 2.85. The Hall–Kier alpha value is -1.54. The molecule has 0 saturated carbocycles. The molecule has 0 radical (unpaired) electrons. The molecule has 1 N–H and O–H groups in total. The largest absolute Gasteiger partial charge is 0.370 e. The van der Waals surface area contributed by atoms with Crippen molar-refractivity contribution in [3.63, 3.8) is 0 Å². The molecule has 0 aromatic heterocycles. The highest BCUT2D eigenvalue weighted by molar-refractivity contribution is 5.54. The number of rotatable bonds is 2. The van der Waals surface area contributed by atoms with E-state index in [1.807, 2.05) is 36.2 Å². The Morgan fingerprint density at radius 1 is 1.25 bits per heavy atom. The Morgan fingerprint density at radius 3 is 2.56 bits per heavy atom. The molecule has 1 aliphatic heterocycles. The van der Waals surface area contributed by atoms with E-state index in [1.165, 1.54) is 5.56 Å². The molecule has 2 nitrogen and oxygen atoms in total. The second kappa shape index (κ2) is 4.54. The van der Waals surface area contributed by atoms with E-state index in [0.29, 0.717) is 0 Å². The lowest BCUT2D eigenvalue weighted by Crippen LogP contribution is -2.30. The lowest BCUT2D eigenvalue weighted by molar-refractivity contribution is 0.226.